The van der Waals surface area contributed by atoms with Gasteiger partial charge in [-0.1, -0.05) is 43.5 Å². The first-order valence-corrected chi connectivity index (χ1v) is 8.57. The third-order valence-electron chi connectivity index (χ3n) is 3.47. The van der Waals surface area contributed by atoms with Gasteiger partial charge in [-0.05, 0) is 36.4 Å². The van der Waals surface area contributed by atoms with E-state index in [2.05, 4.69) is 41.8 Å². The number of furan rings is 1. The smallest absolute Gasteiger partial charge is 0.294 e. The van der Waals surface area contributed by atoms with E-state index in [1.165, 1.54) is 0 Å². The third kappa shape index (κ3) is 2.51. The van der Waals surface area contributed by atoms with Crippen LogP contribution in [-0.2, 0) is 0 Å². The lowest BCUT2D eigenvalue weighted by atomic mass is 10.2. The van der Waals surface area contributed by atoms with Crippen LogP contribution < -0.4 is 5.56 Å². The van der Waals surface area contributed by atoms with E-state index in [-0.39, 0.29) is 11.1 Å². The molecule has 114 valence electrons. The first-order chi connectivity index (χ1) is 11.0. The maximum absolute atomic E-state index is 12.4. The van der Waals surface area contributed by atoms with Crippen molar-refractivity contribution in [2.45, 2.75) is 0 Å². The molecule has 0 unspecified atom stereocenters. The molecule has 2 aromatic carbocycles. The normalized spacial score (nSPS) is 11.4. The summed E-state index contributed by atoms with van der Waals surface area (Å²) in [4.78, 5) is 19.6. The van der Waals surface area contributed by atoms with Gasteiger partial charge in [-0.2, -0.15) is 0 Å². The van der Waals surface area contributed by atoms with Crippen molar-refractivity contribution in [3.8, 4) is 11.4 Å². The van der Waals surface area contributed by atoms with Crippen LogP contribution >= 0.6 is 43.5 Å². The topological polar surface area (TPSA) is 58.9 Å². The Morgan fingerprint density at radius 2 is 1.83 bits per heavy atom. The van der Waals surface area contributed by atoms with Gasteiger partial charge < -0.3 is 9.40 Å². The minimum Gasteiger partial charge on any atom is -0.449 e. The summed E-state index contributed by atoms with van der Waals surface area (Å²) in [6.45, 7) is 0. The molecule has 4 nitrogen and oxygen atoms in total. The van der Waals surface area contributed by atoms with Gasteiger partial charge in [-0.25, -0.2) is 4.98 Å². The fraction of sp³-hybridized carbons (Fsp3) is 0. The first kappa shape index (κ1) is 14.9. The fourth-order valence-corrected chi connectivity index (χ4v) is 3.56. The molecule has 0 fully saturated rings. The molecule has 0 atom stereocenters. The Morgan fingerprint density at radius 1 is 1.09 bits per heavy atom. The number of halogens is 3. The summed E-state index contributed by atoms with van der Waals surface area (Å²) in [6.07, 6.45) is 0. The maximum Gasteiger partial charge on any atom is 0.294 e. The Labute approximate surface area is 151 Å². The zero-order valence-corrected chi connectivity index (χ0v) is 15.3. The standard InChI is InChI=1S/C16H7Br2ClN2O2/c17-7-2-4-12-10(5-7)13-14(23-12)16(22)21-15(20-13)9-3-1-8(18)6-11(9)19/h1-6H,(H,20,21,22). The summed E-state index contributed by atoms with van der Waals surface area (Å²) in [7, 11) is 0. The molecule has 0 amide bonds. The van der Waals surface area contributed by atoms with Crippen LogP contribution in [0.4, 0.5) is 0 Å². The molecule has 0 spiro atoms. The van der Waals surface area contributed by atoms with E-state index in [1.807, 2.05) is 18.2 Å². The van der Waals surface area contributed by atoms with E-state index in [0.717, 1.165) is 14.3 Å². The SMILES string of the molecule is O=c1[nH]c(-c2ccc(Br)cc2Cl)nc2c1oc1ccc(Br)cc12. The number of nitrogens with one attached hydrogen (secondary N) is 1. The predicted octanol–water partition coefficient (Wildman–Crippen LogP) is 5.51. The Kier molecular flexibility index (Phi) is 3.55. The Hall–Kier alpha value is -1.63. The van der Waals surface area contributed by atoms with Gasteiger partial charge in [-0.3, -0.25) is 4.79 Å². The lowest BCUT2D eigenvalue weighted by Crippen LogP contribution is -2.08. The monoisotopic (exact) mass is 452 g/mol. The number of hydrogen-bond donors (Lipinski definition) is 1. The van der Waals surface area contributed by atoms with Crippen LogP contribution in [-0.4, -0.2) is 9.97 Å². The molecule has 4 rings (SSSR count). The average molecular weight is 455 g/mol. The number of benzene rings is 2. The molecule has 2 heterocycles. The van der Waals surface area contributed by atoms with E-state index in [1.54, 1.807) is 18.2 Å². The first-order valence-electron chi connectivity index (χ1n) is 6.60. The van der Waals surface area contributed by atoms with Gasteiger partial charge >= 0.3 is 0 Å². The summed E-state index contributed by atoms with van der Waals surface area (Å²) in [6, 6.07) is 10.9. The number of nitrogens with zero attached hydrogens (tertiary/aromatic N) is 1. The van der Waals surface area contributed by atoms with Crippen molar-refractivity contribution in [2.24, 2.45) is 0 Å². The highest BCUT2D eigenvalue weighted by atomic mass is 79.9. The second-order valence-corrected chi connectivity index (χ2v) is 7.20. The van der Waals surface area contributed by atoms with E-state index in [4.69, 9.17) is 16.0 Å². The van der Waals surface area contributed by atoms with Crippen LogP contribution in [0.2, 0.25) is 5.02 Å². The molecule has 0 saturated carbocycles. The highest BCUT2D eigenvalue weighted by molar-refractivity contribution is 9.10. The fourth-order valence-electron chi connectivity index (χ4n) is 2.43. The predicted molar refractivity (Wildman–Crippen MR) is 98.0 cm³/mol. The van der Waals surface area contributed by atoms with Crippen LogP contribution in [0.25, 0.3) is 33.5 Å². The lowest BCUT2D eigenvalue weighted by Gasteiger charge is -2.04. The summed E-state index contributed by atoms with van der Waals surface area (Å²) >= 11 is 13.0. The van der Waals surface area contributed by atoms with E-state index < -0.39 is 0 Å². The molecular formula is C16H7Br2ClN2O2. The molecule has 0 aliphatic heterocycles. The summed E-state index contributed by atoms with van der Waals surface area (Å²) in [5, 5.41) is 1.27. The molecule has 1 N–H and O–H groups in total. The van der Waals surface area contributed by atoms with Crippen LogP contribution in [0, 0.1) is 0 Å². The number of hydrogen-bond acceptors (Lipinski definition) is 3. The molecule has 4 aromatic rings. The van der Waals surface area contributed by atoms with Gasteiger partial charge in [0, 0.05) is 19.9 Å². The van der Waals surface area contributed by atoms with Gasteiger partial charge in [0.15, 0.2) is 0 Å². The minimum atomic E-state index is -0.337. The number of aromatic nitrogens is 2. The van der Waals surface area contributed by atoms with Gasteiger partial charge in [0.1, 0.15) is 16.9 Å². The molecule has 0 aliphatic rings. The van der Waals surface area contributed by atoms with Crippen molar-refractivity contribution in [2.75, 3.05) is 0 Å². The minimum absolute atomic E-state index is 0.204. The van der Waals surface area contributed by atoms with Gasteiger partial charge in [-0.15, -0.1) is 0 Å². The quantitative estimate of drug-likeness (QED) is 0.412. The van der Waals surface area contributed by atoms with Crippen molar-refractivity contribution in [3.05, 3.63) is 60.7 Å². The maximum atomic E-state index is 12.4. The Balaban J connectivity index is 2.07. The number of rotatable bonds is 1. The van der Waals surface area contributed by atoms with E-state index in [9.17, 15) is 4.79 Å². The average Bonchev–Trinajstić information content (AvgIpc) is 2.86. The Morgan fingerprint density at radius 3 is 2.61 bits per heavy atom. The van der Waals surface area contributed by atoms with Gasteiger partial charge in [0.05, 0.1) is 5.02 Å². The number of H-pyrrole nitrogens is 1. The highest BCUT2D eigenvalue weighted by Crippen LogP contribution is 2.31. The Bertz CT molecular complexity index is 1130. The summed E-state index contributed by atoms with van der Waals surface area (Å²) < 4.78 is 7.35. The molecule has 0 radical (unpaired) electrons. The van der Waals surface area contributed by atoms with E-state index in [0.29, 0.717) is 27.5 Å². The molecule has 2 aromatic heterocycles. The second kappa shape index (κ2) is 5.47. The second-order valence-electron chi connectivity index (χ2n) is 4.96. The summed E-state index contributed by atoms with van der Waals surface area (Å²) in [5.74, 6) is 0.405. The van der Waals surface area contributed by atoms with Crippen molar-refractivity contribution in [3.63, 3.8) is 0 Å². The molecule has 7 heteroatoms. The lowest BCUT2D eigenvalue weighted by molar-refractivity contribution is 0.661. The molecule has 0 bridgehead atoms. The zero-order chi connectivity index (χ0) is 16.1. The van der Waals surface area contributed by atoms with Crippen molar-refractivity contribution in [1.29, 1.82) is 0 Å². The van der Waals surface area contributed by atoms with Crippen molar-refractivity contribution >= 4 is 65.5 Å². The molecule has 0 aliphatic carbocycles. The van der Waals surface area contributed by atoms with E-state index >= 15 is 0 Å². The zero-order valence-electron chi connectivity index (χ0n) is 11.4. The van der Waals surface area contributed by atoms with Crippen LogP contribution in [0.15, 0.2) is 54.6 Å². The highest BCUT2D eigenvalue weighted by Gasteiger charge is 2.15. The summed E-state index contributed by atoms with van der Waals surface area (Å²) in [5.41, 5.74) is 1.64. The van der Waals surface area contributed by atoms with Crippen molar-refractivity contribution < 1.29 is 4.42 Å². The molecule has 23 heavy (non-hydrogen) atoms. The largest absolute Gasteiger partial charge is 0.449 e. The number of fused-ring (bicyclic) bond motifs is 3. The van der Waals surface area contributed by atoms with Crippen LogP contribution in [0.3, 0.4) is 0 Å². The number of aromatic amines is 1. The van der Waals surface area contributed by atoms with Crippen LogP contribution in [0.5, 0.6) is 0 Å². The van der Waals surface area contributed by atoms with Crippen LogP contribution in [0.1, 0.15) is 0 Å². The van der Waals surface area contributed by atoms with Gasteiger partial charge in [0.25, 0.3) is 5.56 Å². The van der Waals surface area contributed by atoms with Crippen molar-refractivity contribution in [1.82, 2.24) is 9.97 Å². The molecular weight excluding hydrogens is 447 g/mol. The van der Waals surface area contributed by atoms with Gasteiger partial charge in [0.2, 0.25) is 5.58 Å². The third-order valence-corrected chi connectivity index (χ3v) is 4.77. The molecule has 0 saturated heterocycles.